The van der Waals surface area contributed by atoms with Crippen LogP contribution in [0.5, 0.6) is 0 Å². The predicted octanol–water partition coefficient (Wildman–Crippen LogP) is 3.96. The Morgan fingerprint density at radius 2 is 1.79 bits per heavy atom. The van der Waals surface area contributed by atoms with Gasteiger partial charge in [0, 0.05) is 24.2 Å². The summed E-state index contributed by atoms with van der Waals surface area (Å²) in [5.41, 5.74) is 1.53. The fourth-order valence-corrected chi connectivity index (χ4v) is 3.78. The predicted molar refractivity (Wildman–Crippen MR) is 87.8 cm³/mol. The molecule has 0 bridgehead atoms. The summed E-state index contributed by atoms with van der Waals surface area (Å²) in [6, 6.07) is 9.85. The number of aryl methyl sites for hydroxylation is 1. The highest BCUT2D eigenvalue weighted by Crippen LogP contribution is 2.33. The number of aromatic nitrogens is 2. The molecule has 24 heavy (non-hydrogen) atoms. The molecule has 2 aromatic heterocycles. The van der Waals surface area contributed by atoms with Crippen molar-refractivity contribution >= 4 is 10.8 Å². The molecule has 2 heterocycles. The summed E-state index contributed by atoms with van der Waals surface area (Å²) < 4.78 is 41.0. The smallest absolute Gasteiger partial charge is 0.128 e. The van der Waals surface area contributed by atoms with Gasteiger partial charge in [0.05, 0.1) is 16.0 Å². The molecule has 1 aromatic carbocycles. The van der Waals surface area contributed by atoms with Gasteiger partial charge in [-0.05, 0) is 54.4 Å². The Hall–Kier alpha value is -2.47. The van der Waals surface area contributed by atoms with Gasteiger partial charge in [0.2, 0.25) is 0 Å². The van der Waals surface area contributed by atoms with Gasteiger partial charge in [-0.2, -0.15) is 0 Å². The summed E-state index contributed by atoms with van der Waals surface area (Å²) in [6.07, 6.45) is 4.65. The van der Waals surface area contributed by atoms with Gasteiger partial charge in [-0.15, -0.1) is 0 Å². The third kappa shape index (κ3) is 3.38. The van der Waals surface area contributed by atoms with Gasteiger partial charge in [0.15, 0.2) is 0 Å². The quantitative estimate of drug-likeness (QED) is 0.719. The molecule has 0 saturated carbocycles. The van der Waals surface area contributed by atoms with E-state index in [4.69, 9.17) is 0 Å². The van der Waals surface area contributed by atoms with Crippen LogP contribution >= 0.6 is 0 Å². The zero-order valence-electron chi connectivity index (χ0n) is 12.8. The van der Waals surface area contributed by atoms with Crippen LogP contribution in [-0.2, 0) is 10.8 Å². The van der Waals surface area contributed by atoms with Crippen LogP contribution in [0.25, 0.3) is 0 Å². The molecule has 0 saturated heterocycles. The molecule has 3 nitrogen and oxygen atoms in total. The molecule has 0 N–H and O–H groups in total. The molecule has 0 aliphatic carbocycles. The summed E-state index contributed by atoms with van der Waals surface area (Å²) in [4.78, 5) is 8.09. The van der Waals surface area contributed by atoms with Crippen LogP contribution in [0.15, 0.2) is 66.1 Å². The molecule has 0 spiro atoms. The Morgan fingerprint density at radius 1 is 1.04 bits per heavy atom. The van der Waals surface area contributed by atoms with E-state index >= 15 is 0 Å². The van der Waals surface area contributed by atoms with Crippen molar-refractivity contribution in [3.8, 4) is 0 Å². The highest BCUT2D eigenvalue weighted by atomic mass is 32.2. The normalized spacial score (nSPS) is 13.5. The lowest BCUT2D eigenvalue weighted by molar-refractivity contribution is 0.585. The molecule has 0 aliphatic rings. The molecule has 122 valence electrons. The van der Waals surface area contributed by atoms with E-state index in [0.717, 1.165) is 23.8 Å². The van der Waals surface area contributed by atoms with Gasteiger partial charge in [0.25, 0.3) is 0 Å². The molecule has 6 heteroatoms. The summed E-state index contributed by atoms with van der Waals surface area (Å²) in [6.45, 7) is 1.87. The standard InChI is InChI=1S/C18H14F2N2OS/c1-12-2-5-17(22-11-12)24(23)18(13-6-8-21-9-7-13)15-10-14(19)3-4-16(15)20/h2-11,18H,1H3. The molecule has 3 rings (SSSR count). The Kier molecular flexibility index (Phi) is 4.76. The lowest BCUT2D eigenvalue weighted by Crippen LogP contribution is -2.12. The number of hydrogen-bond donors (Lipinski definition) is 0. The maximum absolute atomic E-state index is 14.3. The van der Waals surface area contributed by atoms with Crippen LogP contribution in [0.3, 0.4) is 0 Å². The molecule has 0 amide bonds. The highest BCUT2D eigenvalue weighted by Gasteiger charge is 2.27. The summed E-state index contributed by atoms with van der Waals surface area (Å²) in [7, 11) is -1.70. The molecule has 2 unspecified atom stereocenters. The minimum atomic E-state index is -1.70. The third-order valence-electron chi connectivity index (χ3n) is 3.55. The average molecular weight is 344 g/mol. The molecule has 0 fully saturated rings. The first kappa shape index (κ1) is 16.4. The molecule has 2 atom stereocenters. The van der Waals surface area contributed by atoms with Crippen molar-refractivity contribution in [2.75, 3.05) is 0 Å². The number of halogens is 2. The van der Waals surface area contributed by atoms with Crippen LogP contribution in [0.2, 0.25) is 0 Å². The maximum atomic E-state index is 14.3. The van der Waals surface area contributed by atoms with Crippen molar-refractivity contribution in [2.45, 2.75) is 17.2 Å². The second-order valence-corrected chi connectivity index (χ2v) is 6.78. The van der Waals surface area contributed by atoms with E-state index in [1.54, 1.807) is 30.5 Å². The summed E-state index contributed by atoms with van der Waals surface area (Å²) >= 11 is 0. The number of rotatable bonds is 4. The number of hydrogen-bond acceptors (Lipinski definition) is 3. The summed E-state index contributed by atoms with van der Waals surface area (Å²) in [5.74, 6) is -1.20. The van der Waals surface area contributed by atoms with Gasteiger partial charge < -0.3 is 0 Å². The van der Waals surface area contributed by atoms with E-state index < -0.39 is 27.7 Å². The number of nitrogens with zero attached hydrogens (tertiary/aromatic N) is 2. The first-order valence-corrected chi connectivity index (χ1v) is 8.45. The second kappa shape index (κ2) is 6.97. The van der Waals surface area contributed by atoms with Crippen LogP contribution in [0.1, 0.15) is 21.9 Å². The first-order chi connectivity index (χ1) is 11.6. The van der Waals surface area contributed by atoms with E-state index in [9.17, 15) is 13.0 Å². The maximum Gasteiger partial charge on any atom is 0.128 e. The molecular weight excluding hydrogens is 330 g/mol. The second-order valence-electron chi connectivity index (χ2n) is 5.30. The molecule has 3 aromatic rings. The van der Waals surface area contributed by atoms with Crippen LogP contribution in [0.4, 0.5) is 8.78 Å². The average Bonchev–Trinajstić information content (AvgIpc) is 2.60. The van der Waals surface area contributed by atoms with Gasteiger partial charge in [-0.1, -0.05) is 6.07 Å². The van der Waals surface area contributed by atoms with E-state index in [1.807, 2.05) is 6.92 Å². The van der Waals surface area contributed by atoms with Crippen molar-refractivity contribution in [1.82, 2.24) is 9.97 Å². The van der Waals surface area contributed by atoms with E-state index in [0.29, 0.717) is 10.6 Å². The fourth-order valence-electron chi connectivity index (χ4n) is 2.37. The molecule has 0 aliphatic heterocycles. The monoisotopic (exact) mass is 344 g/mol. The van der Waals surface area contributed by atoms with E-state index in [-0.39, 0.29) is 5.56 Å². The van der Waals surface area contributed by atoms with Gasteiger partial charge >= 0.3 is 0 Å². The van der Waals surface area contributed by atoms with E-state index in [1.165, 1.54) is 12.4 Å². The zero-order chi connectivity index (χ0) is 17.1. The Balaban J connectivity index is 2.14. The topological polar surface area (TPSA) is 42.9 Å². The highest BCUT2D eigenvalue weighted by molar-refractivity contribution is 7.85. The van der Waals surface area contributed by atoms with Crippen LogP contribution in [-0.4, -0.2) is 14.2 Å². The summed E-state index contributed by atoms with van der Waals surface area (Å²) in [5, 5.41) is -0.565. The Morgan fingerprint density at radius 3 is 2.46 bits per heavy atom. The Bertz CT molecular complexity index is 870. The van der Waals surface area contributed by atoms with Crippen molar-refractivity contribution < 1.29 is 13.0 Å². The SMILES string of the molecule is Cc1ccc(S(=O)C(c2ccncc2)c2cc(F)ccc2F)nc1. The third-order valence-corrected chi connectivity index (χ3v) is 5.16. The van der Waals surface area contributed by atoms with Crippen molar-refractivity contribution in [3.63, 3.8) is 0 Å². The van der Waals surface area contributed by atoms with Gasteiger partial charge in [-0.25, -0.2) is 13.8 Å². The van der Waals surface area contributed by atoms with Crippen LogP contribution in [0, 0.1) is 18.6 Å². The molecular formula is C18H14F2N2OS. The van der Waals surface area contributed by atoms with Crippen LogP contribution < -0.4 is 0 Å². The van der Waals surface area contributed by atoms with Crippen molar-refractivity contribution in [2.24, 2.45) is 0 Å². The largest absolute Gasteiger partial charge is 0.265 e. The van der Waals surface area contributed by atoms with E-state index in [2.05, 4.69) is 9.97 Å². The van der Waals surface area contributed by atoms with Gasteiger partial charge in [-0.3, -0.25) is 9.19 Å². The first-order valence-electron chi connectivity index (χ1n) is 7.24. The minimum absolute atomic E-state index is 0.0295. The zero-order valence-corrected chi connectivity index (χ0v) is 13.6. The minimum Gasteiger partial charge on any atom is -0.265 e. The van der Waals surface area contributed by atoms with Crippen molar-refractivity contribution in [3.05, 3.63) is 89.4 Å². The Labute approximate surface area is 140 Å². The van der Waals surface area contributed by atoms with Crippen molar-refractivity contribution in [1.29, 1.82) is 0 Å². The fraction of sp³-hybridized carbons (Fsp3) is 0.111. The molecule has 0 radical (unpaired) electrons. The van der Waals surface area contributed by atoms with Gasteiger partial charge in [0.1, 0.15) is 16.7 Å². The number of pyridine rings is 2. The lowest BCUT2D eigenvalue weighted by Gasteiger charge is -2.18. The number of benzene rings is 1. The lowest BCUT2D eigenvalue weighted by atomic mass is 10.0.